The predicted molar refractivity (Wildman–Crippen MR) is 81.9 cm³/mol. The normalized spacial score (nSPS) is 10.5. The number of nitrogens with one attached hydrogen (secondary N) is 1. The van der Waals surface area contributed by atoms with E-state index in [4.69, 9.17) is 9.47 Å². The smallest absolute Gasteiger partial charge is 0.273 e. The average molecular weight is 310 g/mol. The van der Waals surface area contributed by atoms with Crippen LogP contribution >= 0.6 is 0 Å². The molecule has 0 spiro atoms. The van der Waals surface area contributed by atoms with E-state index in [1.54, 1.807) is 6.07 Å². The molecule has 1 rings (SSSR count). The Morgan fingerprint density at radius 3 is 2.82 bits per heavy atom. The number of ether oxygens (including phenoxy) is 2. The fraction of sp³-hybridized carbons (Fsp3) is 0.533. The zero-order chi connectivity index (χ0) is 16.4. The first-order valence-electron chi connectivity index (χ1n) is 7.20. The lowest BCUT2D eigenvalue weighted by Gasteiger charge is -2.09. The molecule has 1 aromatic carbocycles. The van der Waals surface area contributed by atoms with Crippen molar-refractivity contribution in [1.29, 1.82) is 0 Å². The van der Waals surface area contributed by atoms with Gasteiger partial charge in [0.15, 0.2) is 6.61 Å². The third-order valence-corrected chi connectivity index (χ3v) is 2.81. The molecule has 7 heteroatoms. The molecule has 0 aliphatic carbocycles. The van der Waals surface area contributed by atoms with Crippen LogP contribution in [0.15, 0.2) is 24.3 Å². The number of carbonyl (C=O) groups excluding carboxylic acids is 1. The van der Waals surface area contributed by atoms with E-state index in [1.807, 2.05) is 0 Å². The van der Waals surface area contributed by atoms with Crippen LogP contribution in [0.1, 0.15) is 20.3 Å². The lowest BCUT2D eigenvalue weighted by Crippen LogP contribution is -2.31. The SMILES string of the molecule is CC(C)CCOCCNC(=O)COc1cccc([N+](=O)[O-])c1. The Bertz CT molecular complexity index is 491. The fourth-order valence-electron chi connectivity index (χ4n) is 1.57. The standard InChI is InChI=1S/C15H22N2O5/c1-12(2)6-8-21-9-7-16-15(18)11-22-14-5-3-4-13(10-14)17(19)20/h3-5,10,12H,6-9,11H2,1-2H3,(H,16,18). The number of nitro benzene ring substituents is 1. The number of hydrogen-bond donors (Lipinski definition) is 1. The summed E-state index contributed by atoms with van der Waals surface area (Å²) in [6.07, 6.45) is 0.990. The van der Waals surface area contributed by atoms with Crippen molar-refractivity contribution in [1.82, 2.24) is 5.32 Å². The van der Waals surface area contributed by atoms with Gasteiger partial charge in [-0.2, -0.15) is 0 Å². The number of rotatable bonds is 10. The summed E-state index contributed by atoms with van der Waals surface area (Å²) in [5, 5.41) is 13.3. The molecule has 22 heavy (non-hydrogen) atoms. The van der Waals surface area contributed by atoms with Gasteiger partial charge >= 0.3 is 0 Å². The second-order valence-corrected chi connectivity index (χ2v) is 5.19. The van der Waals surface area contributed by atoms with E-state index in [9.17, 15) is 14.9 Å². The van der Waals surface area contributed by atoms with Gasteiger partial charge in [-0.3, -0.25) is 14.9 Å². The van der Waals surface area contributed by atoms with E-state index in [0.717, 1.165) is 6.42 Å². The molecule has 1 N–H and O–H groups in total. The van der Waals surface area contributed by atoms with Gasteiger partial charge in [0.1, 0.15) is 5.75 Å². The van der Waals surface area contributed by atoms with Gasteiger partial charge in [-0.1, -0.05) is 19.9 Å². The van der Waals surface area contributed by atoms with Gasteiger partial charge in [-0.05, 0) is 18.4 Å². The van der Waals surface area contributed by atoms with Crippen molar-refractivity contribution >= 4 is 11.6 Å². The summed E-state index contributed by atoms with van der Waals surface area (Å²) in [4.78, 5) is 21.7. The molecule has 0 aliphatic rings. The van der Waals surface area contributed by atoms with E-state index in [0.29, 0.717) is 25.7 Å². The molecular weight excluding hydrogens is 288 g/mol. The minimum absolute atomic E-state index is 0.0727. The van der Waals surface area contributed by atoms with Gasteiger partial charge in [0.25, 0.3) is 11.6 Å². The summed E-state index contributed by atoms with van der Waals surface area (Å²) < 4.78 is 10.6. The molecule has 122 valence electrons. The Morgan fingerprint density at radius 2 is 2.14 bits per heavy atom. The van der Waals surface area contributed by atoms with Crippen LogP contribution in [0, 0.1) is 16.0 Å². The zero-order valence-corrected chi connectivity index (χ0v) is 12.9. The molecule has 0 aromatic heterocycles. The van der Waals surface area contributed by atoms with E-state index in [-0.39, 0.29) is 24.0 Å². The summed E-state index contributed by atoms with van der Waals surface area (Å²) in [6, 6.07) is 5.72. The summed E-state index contributed by atoms with van der Waals surface area (Å²) >= 11 is 0. The van der Waals surface area contributed by atoms with E-state index >= 15 is 0 Å². The maximum Gasteiger partial charge on any atom is 0.273 e. The first-order chi connectivity index (χ1) is 10.5. The van der Waals surface area contributed by atoms with E-state index in [2.05, 4.69) is 19.2 Å². The second kappa shape index (κ2) is 9.73. The summed E-state index contributed by atoms with van der Waals surface area (Å²) in [6.45, 7) is 5.60. The highest BCUT2D eigenvalue weighted by Gasteiger charge is 2.08. The van der Waals surface area contributed by atoms with Crippen molar-refractivity contribution in [3.8, 4) is 5.75 Å². The first kappa shape index (κ1) is 17.9. The number of nitro groups is 1. The first-order valence-corrected chi connectivity index (χ1v) is 7.20. The van der Waals surface area contributed by atoms with E-state index in [1.165, 1.54) is 18.2 Å². The number of nitrogens with zero attached hydrogens (tertiary/aromatic N) is 1. The number of benzene rings is 1. The molecule has 0 fully saturated rings. The average Bonchev–Trinajstić information content (AvgIpc) is 2.48. The van der Waals surface area contributed by atoms with Gasteiger partial charge in [-0.25, -0.2) is 0 Å². The van der Waals surface area contributed by atoms with Crippen LogP contribution in [0.5, 0.6) is 5.75 Å². The second-order valence-electron chi connectivity index (χ2n) is 5.19. The van der Waals surface area contributed by atoms with Crippen LogP contribution in [-0.2, 0) is 9.53 Å². The van der Waals surface area contributed by atoms with E-state index < -0.39 is 4.92 Å². The number of amides is 1. The highest BCUT2D eigenvalue weighted by atomic mass is 16.6. The third kappa shape index (κ3) is 7.58. The largest absolute Gasteiger partial charge is 0.484 e. The van der Waals surface area contributed by atoms with Crippen molar-refractivity contribution < 1.29 is 19.2 Å². The molecule has 7 nitrogen and oxygen atoms in total. The third-order valence-electron chi connectivity index (χ3n) is 2.81. The van der Waals surface area contributed by atoms with Gasteiger partial charge < -0.3 is 14.8 Å². The van der Waals surface area contributed by atoms with Gasteiger partial charge in [0, 0.05) is 19.2 Å². The molecule has 1 aromatic rings. The molecule has 0 saturated heterocycles. The minimum atomic E-state index is -0.512. The number of carbonyl (C=O) groups is 1. The summed E-state index contributed by atoms with van der Waals surface area (Å²) in [7, 11) is 0. The monoisotopic (exact) mass is 310 g/mol. The Kier molecular flexibility index (Phi) is 7.91. The van der Waals surface area contributed by atoms with Crippen LogP contribution in [0.3, 0.4) is 0 Å². The number of hydrogen-bond acceptors (Lipinski definition) is 5. The van der Waals surface area contributed by atoms with Crippen molar-refractivity contribution in [3.63, 3.8) is 0 Å². The molecule has 0 atom stereocenters. The van der Waals surface area contributed by atoms with Crippen molar-refractivity contribution in [2.24, 2.45) is 5.92 Å². The Hall–Kier alpha value is -2.15. The fourth-order valence-corrected chi connectivity index (χ4v) is 1.57. The molecule has 0 aliphatic heterocycles. The van der Waals surface area contributed by atoms with Crippen LogP contribution < -0.4 is 10.1 Å². The molecular formula is C15H22N2O5. The topological polar surface area (TPSA) is 90.7 Å². The highest BCUT2D eigenvalue weighted by molar-refractivity contribution is 5.77. The quantitative estimate of drug-likeness (QED) is 0.406. The van der Waals surface area contributed by atoms with Crippen LogP contribution in [0.2, 0.25) is 0 Å². The van der Waals surface area contributed by atoms with Gasteiger partial charge in [-0.15, -0.1) is 0 Å². The lowest BCUT2D eigenvalue weighted by atomic mass is 10.1. The molecule has 1 amide bonds. The summed E-state index contributed by atoms with van der Waals surface area (Å²) in [5.41, 5.74) is -0.0727. The zero-order valence-electron chi connectivity index (χ0n) is 12.9. The Morgan fingerprint density at radius 1 is 1.36 bits per heavy atom. The predicted octanol–water partition coefficient (Wildman–Crippen LogP) is 2.15. The van der Waals surface area contributed by atoms with Crippen LogP contribution in [-0.4, -0.2) is 37.2 Å². The number of non-ortho nitro benzene ring substituents is 1. The molecule has 0 bridgehead atoms. The molecule has 0 unspecified atom stereocenters. The molecule has 0 saturated carbocycles. The van der Waals surface area contributed by atoms with Gasteiger partial charge in [0.05, 0.1) is 17.6 Å². The molecule has 0 heterocycles. The summed E-state index contributed by atoms with van der Waals surface area (Å²) in [5.74, 6) is 0.592. The van der Waals surface area contributed by atoms with Gasteiger partial charge in [0.2, 0.25) is 0 Å². The lowest BCUT2D eigenvalue weighted by molar-refractivity contribution is -0.384. The van der Waals surface area contributed by atoms with Crippen LogP contribution in [0.25, 0.3) is 0 Å². The van der Waals surface area contributed by atoms with Crippen molar-refractivity contribution in [3.05, 3.63) is 34.4 Å². The van der Waals surface area contributed by atoms with Crippen molar-refractivity contribution in [2.45, 2.75) is 20.3 Å². The maximum absolute atomic E-state index is 11.6. The van der Waals surface area contributed by atoms with Crippen molar-refractivity contribution in [2.75, 3.05) is 26.4 Å². The Balaban J connectivity index is 2.18. The van der Waals surface area contributed by atoms with Crippen LogP contribution in [0.4, 0.5) is 5.69 Å². The Labute approximate surface area is 129 Å². The minimum Gasteiger partial charge on any atom is -0.484 e. The maximum atomic E-state index is 11.6. The highest BCUT2D eigenvalue weighted by Crippen LogP contribution is 2.18. The molecule has 0 radical (unpaired) electrons.